The molecule has 4 nitrogen and oxygen atoms in total. The summed E-state index contributed by atoms with van der Waals surface area (Å²) < 4.78 is 10.9. The molecule has 4 heteroatoms. The largest absolute Gasteiger partial charge is 0.464 e. The van der Waals surface area contributed by atoms with E-state index >= 15 is 0 Å². The van der Waals surface area contributed by atoms with E-state index in [-0.39, 0.29) is 5.63 Å². The number of hydrogen-bond acceptors (Lipinski definition) is 4. The van der Waals surface area contributed by atoms with Gasteiger partial charge in [-0.2, -0.15) is 0 Å². The van der Waals surface area contributed by atoms with Crippen LogP contribution in [0.4, 0.5) is 0 Å². The van der Waals surface area contributed by atoms with Crippen LogP contribution in [0.25, 0.3) is 21.9 Å². The van der Waals surface area contributed by atoms with E-state index in [9.17, 15) is 4.79 Å². The standard InChI is InChI=1S/C15H15NO3/c1-7-8(2)15(17)19-12-4-11-14(9(3)13(7)12)10(5-16)6-18-11/h4,6H,5,16H2,1-3H3. The molecule has 0 fully saturated rings. The van der Waals surface area contributed by atoms with Gasteiger partial charge in [0.2, 0.25) is 0 Å². The zero-order valence-electron chi connectivity index (χ0n) is 11.2. The molecular weight excluding hydrogens is 242 g/mol. The van der Waals surface area contributed by atoms with Gasteiger partial charge in [0.1, 0.15) is 11.2 Å². The second-order valence-corrected chi connectivity index (χ2v) is 4.85. The van der Waals surface area contributed by atoms with Crippen LogP contribution in [-0.4, -0.2) is 0 Å². The highest BCUT2D eigenvalue weighted by Gasteiger charge is 2.16. The van der Waals surface area contributed by atoms with E-state index in [1.807, 2.05) is 13.8 Å². The first-order valence-corrected chi connectivity index (χ1v) is 6.18. The normalized spacial score (nSPS) is 11.6. The minimum Gasteiger partial charge on any atom is -0.464 e. The Hall–Kier alpha value is -2.07. The second-order valence-electron chi connectivity index (χ2n) is 4.85. The number of aryl methyl sites for hydroxylation is 2. The number of furan rings is 1. The van der Waals surface area contributed by atoms with Gasteiger partial charge in [-0.25, -0.2) is 4.79 Å². The average molecular weight is 257 g/mol. The Morgan fingerprint density at radius 3 is 2.47 bits per heavy atom. The molecule has 19 heavy (non-hydrogen) atoms. The summed E-state index contributed by atoms with van der Waals surface area (Å²) in [6.07, 6.45) is 1.66. The van der Waals surface area contributed by atoms with Gasteiger partial charge in [0.25, 0.3) is 0 Å². The van der Waals surface area contributed by atoms with Crippen LogP contribution in [0.15, 0.2) is 26.0 Å². The lowest BCUT2D eigenvalue weighted by atomic mass is 9.98. The lowest BCUT2D eigenvalue weighted by molar-refractivity contribution is 0.552. The average Bonchev–Trinajstić information content (AvgIpc) is 2.79. The first-order chi connectivity index (χ1) is 9.04. The molecule has 2 heterocycles. The maximum atomic E-state index is 11.7. The van der Waals surface area contributed by atoms with Crippen molar-refractivity contribution in [3.8, 4) is 0 Å². The summed E-state index contributed by atoms with van der Waals surface area (Å²) in [5.74, 6) is 0. The highest BCUT2D eigenvalue weighted by Crippen LogP contribution is 2.33. The SMILES string of the molecule is Cc1c(C)c2c(C)c3c(CN)coc3cc2oc1=O. The number of benzene rings is 1. The van der Waals surface area contributed by atoms with E-state index in [2.05, 4.69) is 0 Å². The van der Waals surface area contributed by atoms with Gasteiger partial charge in [-0.05, 0) is 31.9 Å². The van der Waals surface area contributed by atoms with Gasteiger partial charge in [-0.3, -0.25) is 0 Å². The van der Waals surface area contributed by atoms with E-state index in [4.69, 9.17) is 14.6 Å². The van der Waals surface area contributed by atoms with Crippen molar-refractivity contribution in [1.29, 1.82) is 0 Å². The van der Waals surface area contributed by atoms with Gasteiger partial charge in [-0.15, -0.1) is 0 Å². The van der Waals surface area contributed by atoms with Crippen LogP contribution in [0.1, 0.15) is 22.3 Å². The molecule has 3 rings (SSSR count). The summed E-state index contributed by atoms with van der Waals surface area (Å²) in [5.41, 5.74) is 10.3. The Morgan fingerprint density at radius 1 is 1.05 bits per heavy atom. The fourth-order valence-electron chi connectivity index (χ4n) is 2.66. The molecule has 0 atom stereocenters. The van der Waals surface area contributed by atoms with Crippen LogP contribution in [0, 0.1) is 20.8 Å². The van der Waals surface area contributed by atoms with E-state index in [0.29, 0.717) is 23.3 Å². The van der Waals surface area contributed by atoms with Crippen LogP contribution >= 0.6 is 0 Å². The molecular formula is C15H15NO3. The van der Waals surface area contributed by atoms with Crippen molar-refractivity contribution in [3.05, 3.63) is 45.0 Å². The molecule has 2 N–H and O–H groups in total. The maximum absolute atomic E-state index is 11.7. The predicted octanol–water partition coefficient (Wildman–Crippen LogP) is 2.92. The molecule has 3 aromatic rings. The minimum atomic E-state index is -0.297. The summed E-state index contributed by atoms with van der Waals surface area (Å²) >= 11 is 0. The fourth-order valence-corrected chi connectivity index (χ4v) is 2.66. The van der Waals surface area contributed by atoms with Crippen LogP contribution in [0.2, 0.25) is 0 Å². The Kier molecular flexibility index (Phi) is 2.50. The van der Waals surface area contributed by atoms with Crippen molar-refractivity contribution in [3.63, 3.8) is 0 Å². The molecule has 0 saturated heterocycles. The molecule has 0 aliphatic carbocycles. The molecule has 0 radical (unpaired) electrons. The molecule has 1 aromatic carbocycles. The highest BCUT2D eigenvalue weighted by atomic mass is 16.4. The molecule has 0 unspecified atom stereocenters. The van der Waals surface area contributed by atoms with Crippen LogP contribution < -0.4 is 11.4 Å². The third-order valence-electron chi connectivity index (χ3n) is 3.82. The van der Waals surface area contributed by atoms with Crippen molar-refractivity contribution in [2.45, 2.75) is 27.3 Å². The Bertz CT molecular complexity index is 855. The van der Waals surface area contributed by atoms with Crippen LogP contribution in [0.5, 0.6) is 0 Å². The lowest BCUT2D eigenvalue weighted by Crippen LogP contribution is -2.06. The Morgan fingerprint density at radius 2 is 1.79 bits per heavy atom. The summed E-state index contributed by atoms with van der Waals surface area (Å²) in [6, 6.07) is 1.77. The molecule has 0 aliphatic rings. The van der Waals surface area contributed by atoms with E-state index < -0.39 is 0 Å². The van der Waals surface area contributed by atoms with Crippen LogP contribution in [0.3, 0.4) is 0 Å². The summed E-state index contributed by atoms with van der Waals surface area (Å²) in [4.78, 5) is 11.7. The number of rotatable bonds is 1. The minimum absolute atomic E-state index is 0.297. The van der Waals surface area contributed by atoms with Gasteiger partial charge in [0, 0.05) is 34.5 Å². The molecule has 0 aliphatic heterocycles. The second kappa shape index (κ2) is 3.96. The third kappa shape index (κ3) is 1.53. The number of nitrogens with two attached hydrogens (primary N) is 1. The Balaban J connectivity index is 2.61. The summed E-state index contributed by atoms with van der Waals surface area (Å²) in [5, 5.41) is 1.99. The maximum Gasteiger partial charge on any atom is 0.339 e. The molecule has 0 saturated carbocycles. The fraction of sp³-hybridized carbons (Fsp3) is 0.267. The highest BCUT2D eigenvalue weighted by molar-refractivity contribution is 6.00. The van der Waals surface area contributed by atoms with Gasteiger partial charge in [0.05, 0.1) is 6.26 Å². The molecule has 2 aromatic heterocycles. The Labute approximate surface area is 109 Å². The van der Waals surface area contributed by atoms with Crippen molar-refractivity contribution in [2.75, 3.05) is 0 Å². The summed E-state index contributed by atoms with van der Waals surface area (Å²) in [6.45, 7) is 6.15. The molecule has 0 amide bonds. The van der Waals surface area contributed by atoms with Gasteiger partial charge in [0.15, 0.2) is 0 Å². The predicted molar refractivity (Wildman–Crippen MR) is 74.4 cm³/mol. The zero-order valence-corrected chi connectivity index (χ0v) is 11.2. The van der Waals surface area contributed by atoms with Crippen molar-refractivity contribution in [1.82, 2.24) is 0 Å². The third-order valence-corrected chi connectivity index (χ3v) is 3.82. The molecule has 98 valence electrons. The quantitative estimate of drug-likeness (QED) is 0.680. The first-order valence-electron chi connectivity index (χ1n) is 6.18. The zero-order chi connectivity index (χ0) is 13.7. The van der Waals surface area contributed by atoms with Crippen molar-refractivity contribution < 1.29 is 8.83 Å². The van der Waals surface area contributed by atoms with Gasteiger partial charge < -0.3 is 14.6 Å². The van der Waals surface area contributed by atoms with E-state index in [0.717, 1.165) is 27.5 Å². The number of hydrogen-bond donors (Lipinski definition) is 1. The molecule has 0 bridgehead atoms. The van der Waals surface area contributed by atoms with Gasteiger partial charge in [-0.1, -0.05) is 0 Å². The van der Waals surface area contributed by atoms with Crippen molar-refractivity contribution in [2.24, 2.45) is 5.73 Å². The van der Waals surface area contributed by atoms with Crippen molar-refractivity contribution >= 4 is 21.9 Å². The smallest absolute Gasteiger partial charge is 0.339 e. The van der Waals surface area contributed by atoms with Crippen LogP contribution in [-0.2, 0) is 6.54 Å². The molecule has 0 spiro atoms. The monoisotopic (exact) mass is 257 g/mol. The van der Waals surface area contributed by atoms with Gasteiger partial charge >= 0.3 is 5.63 Å². The van der Waals surface area contributed by atoms with E-state index in [1.54, 1.807) is 19.3 Å². The summed E-state index contributed by atoms with van der Waals surface area (Å²) in [7, 11) is 0. The number of fused-ring (bicyclic) bond motifs is 2. The van der Waals surface area contributed by atoms with E-state index in [1.165, 1.54) is 0 Å². The first kappa shape index (κ1) is 12.0. The lowest BCUT2D eigenvalue weighted by Gasteiger charge is -2.08. The topological polar surface area (TPSA) is 69.4 Å².